The number of hydrogen-bond acceptors (Lipinski definition) is 5. The number of fused-ring (bicyclic) bond motifs is 5. The maximum Gasteiger partial charge on any atom is 0.264 e. The summed E-state index contributed by atoms with van der Waals surface area (Å²) in [5.41, 5.74) is 5.80. The van der Waals surface area contributed by atoms with Crippen molar-refractivity contribution in [2.24, 2.45) is 4.99 Å². The molecule has 0 saturated heterocycles. The van der Waals surface area contributed by atoms with E-state index in [9.17, 15) is 9.59 Å². The zero-order valence-corrected chi connectivity index (χ0v) is 27.2. The molecule has 0 bridgehead atoms. The fraction of sp³-hybridized carbons (Fsp3) is 0.0222. The standard InChI is InChI=1S/C45H24N4O2/c1-48-35-12-4-8-23-6-2-10-33(38(23)35)46-43(48)30-19-16-27-29-18-21-32-42-31(20-17-28(41(29)42)26-15-14-25(22-50)37(30)40(26)27)44-47-34-11-3-7-24-9-5-13-36(39(24)34)49(44)45(32)51/h2-22H,1H3. The molecule has 0 radical (unpaired) electrons. The molecule has 1 aliphatic rings. The number of benzene rings is 9. The molecule has 6 heteroatoms. The Morgan fingerprint density at radius 2 is 1.18 bits per heavy atom. The Morgan fingerprint density at radius 1 is 0.569 bits per heavy atom. The molecule has 3 heterocycles. The summed E-state index contributed by atoms with van der Waals surface area (Å²) < 4.78 is 1.79. The molecule has 0 unspecified atom stereocenters. The van der Waals surface area contributed by atoms with Gasteiger partial charge in [0.1, 0.15) is 11.5 Å². The van der Waals surface area contributed by atoms with Gasteiger partial charge in [0.25, 0.3) is 5.56 Å². The molecule has 0 fully saturated rings. The van der Waals surface area contributed by atoms with Crippen LogP contribution in [0.25, 0.3) is 92.1 Å². The summed E-state index contributed by atoms with van der Waals surface area (Å²) in [4.78, 5) is 39.8. The van der Waals surface area contributed by atoms with Crippen LogP contribution in [0.1, 0.15) is 15.9 Å². The van der Waals surface area contributed by atoms with Gasteiger partial charge in [0.2, 0.25) is 0 Å². The molecule has 11 aromatic rings. The largest absolute Gasteiger partial charge is 0.328 e. The first-order valence-electron chi connectivity index (χ1n) is 17.1. The van der Waals surface area contributed by atoms with Crippen LogP contribution in [0.5, 0.6) is 0 Å². The van der Waals surface area contributed by atoms with Crippen LogP contribution >= 0.6 is 0 Å². The summed E-state index contributed by atoms with van der Waals surface area (Å²) in [5.74, 6) is 0.792. The Kier molecular flexibility index (Phi) is 4.86. The number of hydrogen-bond donors (Lipinski definition) is 0. The van der Waals surface area contributed by atoms with E-state index in [0.29, 0.717) is 16.6 Å². The van der Waals surface area contributed by atoms with Gasteiger partial charge in [0, 0.05) is 50.5 Å². The first-order valence-corrected chi connectivity index (χ1v) is 17.1. The second kappa shape index (κ2) is 9.20. The number of pyridine rings is 1. The lowest BCUT2D eigenvalue weighted by atomic mass is 9.85. The van der Waals surface area contributed by atoms with E-state index in [1.54, 1.807) is 4.40 Å². The van der Waals surface area contributed by atoms with Gasteiger partial charge in [-0.3, -0.25) is 14.0 Å². The van der Waals surface area contributed by atoms with E-state index in [1.807, 2.05) is 49.5 Å². The summed E-state index contributed by atoms with van der Waals surface area (Å²) in [5, 5.41) is 13.9. The molecule has 0 N–H and O–H groups in total. The normalized spacial score (nSPS) is 13.4. The van der Waals surface area contributed by atoms with E-state index in [0.717, 1.165) is 110 Å². The van der Waals surface area contributed by atoms with Gasteiger partial charge in [-0.1, -0.05) is 78.9 Å². The van der Waals surface area contributed by atoms with Crippen molar-refractivity contribution in [3.63, 3.8) is 0 Å². The molecular formula is C45H24N4O2. The first-order chi connectivity index (χ1) is 25.1. The van der Waals surface area contributed by atoms with Gasteiger partial charge in [-0.15, -0.1) is 0 Å². The number of carbonyl (C=O) groups excluding carboxylic acids is 1. The molecule has 236 valence electrons. The lowest BCUT2D eigenvalue weighted by molar-refractivity contribution is 0.112. The minimum Gasteiger partial charge on any atom is -0.328 e. The quantitative estimate of drug-likeness (QED) is 0.106. The molecule has 51 heavy (non-hydrogen) atoms. The van der Waals surface area contributed by atoms with Crippen LogP contribution in [0.15, 0.2) is 131 Å². The first kappa shape index (κ1) is 27.0. The SMILES string of the molecule is CN1C(c2ccc3c4ccc5c(=O)n6c7cccc8cccc(nc6c6ccc(c9ccc(C=O)c2c39)c4c56)c87)=Nc2cccc3cccc1c23. The van der Waals surface area contributed by atoms with Crippen LogP contribution in [0, 0.1) is 0 Å². The molecule has 0 amide bonds. The zero-order valence-electron chi connectivity index (χ0n) is 27.2. The molecular weight excluding hydrogens is 629 g/mol. The smallest absolute Gasteiger partial charge is 0.264 e. The highest BCUT2D eigenvalue weighted by atomic mass is 16.1. The van der Waals surface area contributed by atoms with Gasteiger partial charge in [0.05, 0.1) is 22.4 Å². The monoisotopic (exact) mass is 652 g/mol. The third kappa shape index (κ3) is 3.19. The molecule has 0 spiro atoms. The highest BCUT2D eigenvalue weighted by molar-refractivity contribution is 6.40. The van der Waals surface area contributed by atoms with Crippen LogP contribution in [-0.2, 0) is 0 Å². The lowest BCUT2D eigenvalue weighted by Gasteiger charge is -2.29. The minimum atomic E-state index is -0.0804. The highest BCUT2D eigenvalue weighted by Crippen LogP contribution is 2.46. The number of aliphatic imine (C=N–C) groups is 1. The average molecular weight is 653 g/mol. The van der Waals surface area contributed by atoms with Crippen molar-refractivity contribution in [1.29, 1.82) is 0 Å². The van der Waals surface area contributed by atoms with Crippen LogP contribution in [0.4, 0.5) is 11.4 Å². The summed E-state index contributed by atoms with van der Waals surface area (Å²) in [7, 11) is 2.05. The summed E-state index contributed by atoms with van der Waals surface area (Å²) >= 11 is 0. The van der Waals surface area contributed by atoms with E-state index in [-0.39, 0.29) is 5.56 Å². The van der Waals surface area contributed by atoms with Gasteiger partial charge >= 0.3 is 0 Å². The van der Waals surface area contributed by atoms with E-state index >= 15 is 0 Å². The Hall–Kier alpha value is -6.92. The van der Waals surface area contributed by atoms with Crippen LogP contribution < -0.4 is 10.5 Å². The Balaban J connectivity index is 1.22. The van der Waals surface area contributed by atoms with Crippen molar-refractivity contribution >= 4 is 116 Å². The second-order valence-electron chi connectivity index (χ2n) is 13.7. The molecule has 1 aliphatic heterocycles. The van der Waals surface area contributed by atoms with Gasteiger partial charge in [-0.25, -0.2) is 9.98 Å². The van der Waals surface area contributed by atoms with Crippen molar-refractivity contribution < 1.29 is 4.79 Å². The second-order valence-corrected chi connectivity index (χ2v) is 13.7. The molecule has 2 aromatic heterocycles. The minimum absolute atomic E-state index is 0.0804. The van der Waals surface area contributed by atoms with Crippen LogP contribution in [0.2, 0.25) is 0 Å². The topological polar surface area (TPSA) is 67.0 Å². The number of amidine groups is 1. The fourth-order valence-corrected chi connectivity index (χ4v) is 9.15. The van der Waals surface area contributed by atoms with Crippen molar-refractivity contribution in [2.75, 3.05) is 11.9 Å². The van der Waals surface area contributed by atoms with Crippen molar-refractivity contribution in [3.05, 3.63) is 143 Å². The Morgan fingerprint density at radius 3 is 1.96 bits per heavy atom. The number of aromatic nitrogens is 2. The molecule has 0 atom stereocenters. The van der Waals surface area contributed by atoms with E-state index in [4.69, 9.17) is 9.98 Å². The molecule has 0 saturated carbocycles. The van der Waals surface area contributed by atoms with Gasteiger partial charge in [0.15, 0.2) is 6.29 Å². The number of anilines is 1. The van der Waals surface area contributed by atoms with E-state index in [2.05, 4.69) is 83.8 Å². The fourth-order valence-electron chi connectivity index (χ4n) is 9.15. The molecule has 9 aromatic carbocycles. The Labute approximate surface area is 288 Å². The predicted molar refractivity (Wildman–Crippen MR) is 210 cm³/mol. The average Bonchev–Trinajstić information content (AvgIpc) is 3.17. The number of nitrogens with zero attached hydrogens (tertiary/aromatic N) is 4. The van der Waals surface area contributed by atoms with Crippen molar-refractivity contribution in [3.8, 4) is 0 Å². The maximum atomic E-state index is 14.5. The molecule has 12 rings (SSSR count). The summed E-state index contributed by atoms with van der Waals surface area (Å²) in [6.45, 7) is 0. The molecule has 0 aliphatic carbocycles. The van der Waals surface area contributed by atoms with Gasteiger partial charge in [-0.2, -0.15) is 0 Å². The summed E-state index contributed by atoms with van der Waals surface area (Å²) in [6.07, 6.45) is 0.951. The zero-order chi connectivity index (χ0) is 33.7. The van der Waals surface area contributed by atoms with E-state index in [1.165, 1.54) is 0 Å². The highest BCUT2D eigenvalue weighted by Gasteiger charge is 2.26. The number of aldehydes is 1. The van der Waals surface area contributed by atoms with Gasteiger partial charge < -0.3 is 4.90 Å². The third-order valence-electron chi connectivity index (χ3n) is 11.3. The third-order valence-corrected chi connectivity index (χ3v) is 11.3. The Bertz CT molecular complexity index is 3460. The van der Waals surface area contributed by atoms with Crippen molar-refractivity contribution in [2.45, 2.75) is 0 Å². The van der Waals surface area contributed by atoms with E-state index < -0.39 is 0 Å². The van der Waals surface area contributed by atoms with Crippen molar-refractivity contribution in [1.82, 2.24) is 9.38 Å². The van der Waals surface area contributed by atoms with Gasteiger partial charge in [-0.05, 0) is 85.6 Å². The number of rotatable bonds is 2. The summed E-state index contributed by atoms with van der Waals surface area (Å²) in [6, 6.07) is 41.3. The van der Waals surface area contributed by atoms with Crippen LogP contribution in [0.3, 0.4) is 0 Å². The predicted octanol–water partition coefficient (Wildman–Crippen LogP) is 10.1. The maximum absolute atomic E-state index is 14.5. The lowest BCUT2D eigenvalue weighted by Crippen LogP contribution is -2.29. The molecule has 6 nitrogen and oxygen atoms in total. The number of carbonyl (C=O) groups is 1. The van der Waals surface area contributed by atoms with Crippen LogP contribution in [-0.4, -0.2) is 28.6 Å².